The molecule has 1 aromatic rings. The minimum Gasteiger partial charge on any atom is -0.461 e. The lowest BCUT2D eigenvalue weighted by molar-refractivity contribution is -0.136. The van der Waals surface area contributed by atoms with Crippen molar-refractivity contribution in [2.24, 2.45) is 5.73 Å². The summed E-state index contributed by atoms with van der Waals surface area (Å²) in [4.78, 5) is 23.6. The van der Waals surface area contributed by atoms with Gasteiger partial charge in [-0.15, -0.1) is 0 Å². The van der Waals surface area contributed by atoms with E-state index in [-0.39, 0.29) is 24.6 Å². The van der Waals surface area contributed by atoms with Gasteiger partial charge in [-0.25, -0.2) is 9.59 Å². The second kappa shape index (κ2) is 6.63. The molecular weight excluding hydrogens is 248 g/mol. The van der Waals surface area contributed by atoms with E-state index >= 15 is 0 Å². The van der Waals surface area contributed by atoms with Crippen LogP contribution in [0.1, 0.15) is 30.0 Å². The van der Waals surface area contributed by atoms with E-state index in [1.54, 1.807) is 32.9 Å². The van der Waals surface area contributed by atoms with Gasteiger partial charge in [0, 0.05) is 11.9 Å². The van der Waals surface area contributed by atoms with E-state index in [0.717, 1.165) is 6.20 Å². The SMILES string of the molecule is CCOC(=O)/C(=C\N)n1c(C)ccc1C(=O)OCC. The monoisotopic (exact) mass is 266 g/mol. The molecule has 0 radical (unpaired) electrons. The molecule has 0 aromatic carbocycles. The second-order valence-corrected chi connectivity index (χ2v) is 3.69. The number of aromatic nitrogens is 1. The average Bonchev–Trinajstić information content (AvgIpc) is 2.74. The van der Waals surface area contributed by atoms with Gasteiger partial charge >= 0.3 is 11.9 Å². The molecule has 1 rings (SSSR count). The van der Waals surface area contributed by atoms with Crippen LogP contribution in [0, 0.1) is 6.92 Å². The molecule has 6 heteroatoms. The van der Waals surface area contributed by atoms with Crippen molar-refractivity contribution in [1.82, 2.24) is 4.57 Å². The fourth-order valence-electron chi connectivity index (χ4n) is 1.66. The maximum Gasteiger partial charge on any atom is 0.356 e. The van der Waals surface area contributed by atoms with Crippen molar-refractivity contribution in [3.05, 3.63) is 29.7 Å². The van der Waals surface area contributed by atoms with Crippen LogP contribution in [0.4, 0.5) is 0 Å². The zero-order chi connectivity index (χ0) is 14.4. The number of carbonyl (C=O) groups is 2. The highest BCUT2D eigenvalue weighted by Gasteiger charge is 2.21. The Labute approximate surface area is 111 Å². The predicted octanol–water partition coefficient (Wildman–Crippen LogP) is 1.29. The number of esters is 2. The van der Waals surface area contributed by atoms with Gasteiger partial charge in [0.2, 0.25) is 0 Å². The van der Waals surface area contributed by atoms with E-state index in [1.165, 1.54) is 4.57 Å². The van der Waals surface area contributed by atoms with E-state index in [2.05, 4.69) is 0 Å². The van der Waals surface area contributed by atoms with Crippen molar-refractivity contribution >= 4 is 17.6 Å². The summed E-state index contributed by atoms with van der Waals surface area (Å²) in [6, 6.07) is 3.28. The van der Waals surface area contributed by atoms with Crippen molar-refractivity contribution in [3.63, 3.8) is 0 Å². The molecule has 1 aromatic heterocycles. The topological polar surface area (TPSA) is 83.5 Å². The number of nitrogens with zero attached hydrogens (tertiary/aromatic N) is 1. The van der Waals surface area contributed by atoms with Crippen molar-refractivity contribution in [3.8, 4) is 0 Å². The van der Waals surface area contributed by atoms with Gasteiger partial charge in [0.05, 0.1) is 13.2 Å². The van der Waals surface area contributed by atoms with Crippen LogP contribution in [0.5, 0.6) is 0 Å². The van der Waals surface area contributed by atoms with Gasteiger partial charge in [-0.05, 0) is 32.9 Å². The molecular formula is C13H18N2O4. The predicted molar refractivity (Wildman–Crippen MR) is 70.2 cm³/mol. The van der Waals surface area contributed by atoms with Crippen LogP contribution in [-0.4, -0.2) is 29.7 Å². The maximum atomic E-state index is 11.8. The van der Waals surface area contributed by atoms with E-state index in [4.69, 9.17) is 15.2 Å². The van der Waals surface area contributed by atoms with Crippen LogP contribution >= 0.6 is 0 Å². The summed E-state index contributed by atoms with van der Waals surface area (Å²) < 4.78 is 11.3. The highest BCUT2D eigenvalue weighted by molar-refractivity contribution is 6.11. The Kier molecular flexibility index (Phi) is 5.17. The first-order valence-electron chi connectivity index (χ1n) is 6.01. The molecule has 0 aliphatic carbocycles. The smallest absolute Gasteiger partial charge is 0.356 e. The maximum absolute atomic E-state index is 11.8. The van der Waals surface area contributed by atoms with E-state index in [9.17, 15) is 9.59 Å². The summed E-state index contributed by atoms with van der Waals surface area (Å²) in [5.74, 6) is -1.10. The number of nitrogens with two attached hydrogens (primary N) is 1. The molecule has 0 saturated carbocycles. The lowest BCUT2D eigenvalue weighted by atomic mass is 10.4. The highest BCUT2D eigenvalue weighted by Crippen LogP contribution is 2.17. The fraction of sp³-hybridized carbons (Fsp3) is 0.385. The summed E-state index contributed by atoms with van der Waals surface area (Å²) in [7, 11) is 0. The van der Waals surface area contributed by atoms with Gasteiger partial charge in [-0.1, -0.05) is 0 Å². The Balaban J connectivity index is 3.21. The van der Waals surface area contributed by atoms with Crippen molar-refractivity contribution < 1.29 is 19.1 Å². The standard InChI is InChI=1S/C13H18N2O4/c1-4-18-12(16)10-7-6-9(3)15(10)11(8-14)13(17)19-5-2/h6-8H,4-5,14H2,1-3H3/b11-8+. The van der Waals surface area contributed by atoms with Gasteiger partial charge in [-0.2, -0.15) is 0 Å². The molecule has 6 nitrogen and oxygen atoms in total. The number of rotatable bonds is 5. The molecule has 0 unspecified atom stereocenters. The van der Waals surface area contributed by atoms with Gasteiger partial charge < -0.3 is 19.8 Å². The van der Waals surface area contributed by atoms with Crippen LogP contribution in [0.2, 0.25) is 0 Å². The summed E-state index contributed by atoms with van der Waals surface area (Å²) in [5.41, 5.74) is 6.49. The van der Waals surface area contributed by atoms with Gasteiger partial charge in [-0.3, -0.25) is 0 Å². The van der Waals surface area contributed by atoms with Crippen molar-refractivity contribution in [2.75, 3.05) is 13.2 Å². The van der Waals surface area contributed by atoms with Crippen LogP contribution in [0.3, 0.4) is 0 Å². The van der Waals surface area contributed by atoms with Crippen molar-refractivity contribution in [1.29, 1.82) is 0 Å². The largest absolute Gasteiger partial charge is 0.461 e. The van der Waals surface area contributed by atoms with Gasteiger partial charge in [0.25, 0.3) is 0 Å². The van der Waals surface area contributed by atoms with Gasteiger partial charge in [0.15, 0.2) is 0 Å². The molecule has 0 aliphatic rings. The molecule has 0 saturated heterocycles. The van der Waals surface area contributed by atoms with Crippen molar-refractivity contribution in [2.45, 2.75) is 20.8 Å². The Morgan fingerprint density at radius 3 is 2.42 bits per heavy atom. The Morgan fingerprint density at radius 1 is 1.26 bits per heavy atom. The molecule has 0 atom stereocenters. The van der Waals surface area contributed by atoms with E-state index in [0.29, 0.717) is 5.69 Å². The van der Waals surface area contributed by atoms with E-state index in [1.807, 2.05) is 0 Å². The number of ether oxygens (including phenoxy) is 2. The third kappa shape index (κ3) is 3.15. The third-order valence-electron chi connectivity index (χ3n) is 2.44. The van der Waals surface area contributed by atoms with Crippen LogP contribution in [0.15, 0.2) is 18.3 Å². The Hall–Kier alpha value is -2.24. The highest BCUT2D eigenvalue weighted by atomic mass is 16.5. The number of hydrogen-bond donors (Lipinski definition) is 1. The Bertz CT molecular complexity index is 503. The molecule has 2 N–H and O–H groups in total. The first-order valence-corrected chi connectivity index (χ1v) is 6.01. The summed E-state index contributed by atoms with van der Waals surface area (Å²) in [5, 5.41) is 0. The number of aryl methyl sites for hydroxylation is 1. The zero-order valence-corrected chi connectivity index (χ0v) is 11.3. The number of carbonyl (C=O) groups excluding carboxylic acids is 2. The third-order valence-corrected chi connectivity index (χ3v) is 2.44. The number of hydrogen-bond acceptors (Lipinski definition) is 5. The summed E-state index contributed by atoms with van der Waals surface area (Å²) in [6.07, 6.45) is 1.12. The lowest BCUT2D eigenvalue weighted by Crippen LogP contribution is -2.19. The fourth-order valence-corrected chi connectivity index (χ4v) is 1.66. The molecule has 0 spiro atoms. The first-order chi connectivity index (χ1) is 9.06. The van der Waals surface area contributed by atoms with Gasteiger partial charge in [0.1, 0.15) is 11.4 Å². The molecule has 0 aliphatic heterocycles. The quantitative estimate of drug-likeness (QED) is 0.641. The summed E-state index contributed by atoms with van der Waals surface area (Å²) in [6.45, 7) is 5.64. The van der Waals surface area contributed by atoms with Crippen LogP contribution in [0.25, 0.3) is 5.70 Å². The normalized spacial score (nSPS) is 11.2. The minimum atomic E-state index is -0.588. The van der Waals surface area contributed by atoms with Crippen LogP contribution in [-0.2, 0) is 14.3 Å². The molecule has 1 heterocycles. The second-order valence-electron chi connectivity index (χ2n) is 3.69. The minimum absolute atomic E-state index is 0.0902. The molecule has 0 fully saturated rings. The molecule has 19 heavy (non-hydrogen) atoms. The average molecular weight is 266 g/mol. The molecule has 104 valence electrons. The summed E-state index contributed by atoms with van der Waals surface area (Å²) >= 11 is 0. The first kappa shape index (κ1) is 14.8. The Morgan fingerprint density at radius 2 is 1.89 bits per heavy atom. The van der Waals surface area contributed by atoms with E-state index < -0.39 is 11.9 Å². The van der Waals surface area contributed by atoms with Crippen LogP contribution < -0.4 is 5.73 Å². The zero-order valence-electron chi connectivity index (χ0n) is 11.3. The lowest BCUT2D eigenvalue weighted by Gasteiger charge is -2.13. The molecule has 0 bridgehead atoms. The molecule has 0 amide bonds.